The summed E-state index contributed by atoms with van der Waals surface area (Å²) in [5, 5.41) is 30.0. The topological polar surface area (TPSA) is 118 Å². The van der Waals surface area contributed by atoms with Crippen LogP contribution in [0.4, 0.5) is 0 Å². The van der Waals surface area contributed by atoms with Gasteiger partial charge in [-0.05, 0) is 69.5 Å². The number of esters is 1. The molecule has 0 bridgehead atoms. The van der Waals surface area contributed by atoms with Crippen LogP contribution in [0.25, 0.3) is 6.08 Å². The number of carbonyl (C=O) groups is 1. The fourth-order valence-electron chi connectivity index (χ4n) is 5.29. The molecule has 194 valence electrons. The number of ether oxygens (including phenoxy) is 4. The van der Waals surface area contributed by atoms with Crippen molar-refractivity contribution < 1.29 is 39.1 Å². The van der Waals surface area contributed by atoms with E-state index < -0.39 is 30.7 Å². The lowest BCUT2D eigenvalue weighted by atomic mass is 9.84. The highest BCUT2D eigenvalue weighted by Crippen LogP contribution is 2.33. The number of rotatable bonds is 7. The van der Waals surface area contributed by atoms with Crippen molar-refractivity contribution in [2.75, 3.05) is 26.8 Å². The van der Waals surface area contributed by atoms with E-state index in [4.69, 9.17) is 18.9 Å². The van der Waals surface area contributed by atoms with Crippen molar-refractivity contribution in [1.29, 1.82) is 0 Å². The molecule has 3 aliphatic rings. The van der Waals surface area contributed by atoms with Crippen molar-refractivity contribution >= 4 is 12.0 Å². The van der Waals surface area contributed by atoms with Crippen molar-refractivity contribution in [3.05, 3.63) is 29.8 Å². The molecule has 0 spiro atoms. The van der Waals surface area contributed by atoms with Crippen LogP contribution in [0.5, 0.6) is 11.5 Å². The average molecular weight is 492 g/mol. The van der Waals surface area contributed by atoms with Gasteiger partial charge in [-0.3, -0.25) is 4.90 Å². The number of fused-ring (bicyclic) bond motifs is 1. The van der Waals surface area contributed by atoms with Gasteiger partial charge in [-0.15, -0.1) is 0 Å². The summed E-state index contributed by atoms with van der Waals surface area (Å²) in [4.78, 5) is 14.9. The molecular weight excluding hydrogens is 454 g/mol. The first-order chi connectivity index (χ1) is 16.9. The third-order valence-electron chi connectivity index (χ3n) is 7.32. The van der Waals surface area contributed by atoms with Crippen molar-refractivity contribution in [3.8, 4) is 11.5 Å². The van der Waals surface area contributed by atoms with Crippen LogP contribution in [0.2, 0.25) is 0 Å². The zero-order chi connectivity index (χ0) is 24.9. The molecule has 3 fully saturated rings. The zero-order valence-electron chi connectivity index (χ0n) is 20.4. The van der Waals surface area contributed by atoms with E-state index in [-0.39, 0.29) is 5.97 Å². The summed E-state index contributed by atoms with van der Waals surface area (Å²) in [6.07, 6.45) is 3.10. The number of benzene rings is 1. The first-order valence-electron chi connectivity index (χ1n) is 12.5. The predicted molar refractivity (Wildman–Crippen MR) is 128 cm³/mol. The van der Waals surface area contributed by atoms with Crippen LogP contribution in [0.1, 0.15) is 44.6 Å². The summed E-state index contributed by atoms with van der Waals surface area (Å²) in [5.74, 6) is 0.681. The Morgan fingerprint density at radius 1 is 1.09 bits per heavy atom. The lowest BCUT2D eigenvalue weighted by Crippen LogP contribution is -2.58. The van der Waals surface area contributed by atoms with Gasteiger partial charge in [0, 0.05) is 18.0 Å². The second-order valence-electron chi connectivity index (χ2n) is 9.67. The van der Waals surface area contributed by atoms with E-state index in [1.54, 1.807) is 31.2 Å². The molecule has 4 rings (SSSR count). The lowest BCUT2D eigenvalue weighted by molar-refractivity contribution is -0.268. The third kappa shape index (κ3) is 6.16. The van der Waals surface area contributed by atoms with Crippen LogP contribution >= 0.6 is 0 Å². The zero-order valence-corrected chi connectivity index (χ0v) is 20.4. The summed E-state index contributed by atoms with van der Waals surface area (Å²) >= 11 is 0. The predicted octanol–water partition coefficient (Wildman–Crippen LogP) is 1.72. The fraction of sp³-hybridized carbons (Fsp3) is 0.654. The van der Waals surface area contributed by atoms with Gasteiger partial charge in [0.2, 0.25) is 6.29 Å². The summed E-state index contributed by atoms with van der Waals surface area (Å²) in [7, 11) is 1.47. The number of hydrogen-bond acceptors (Lipinski definition) is 9. The summed E-state index contributed by atoms with van der Waals surface area (Å²) in [6.45, 7) is 4.34. The number of carbonyl (C=O) groups excluding carboxylic acids is 1. The second-order valence-corrected chi connectivity index (χ2v) is 9.67. The summed E-state index contributed by atoms with van der Waals surface area (Å²) in [6, 6.07) is 5.57. The molecule has 0 saturated carbocycles. The van der Waals surface area contributed by atoms with Crippen LogP contribution in [-0.4, -0.2) is 89.7 Å². The maximum absolute atomic E-state index is 12.4. The highest BCUT2D eigenvalue weighted by molar-refractivity contribution is 5.87. The van der Waals surface area contributed by atoms with Crippen molar-refractivity contribution in [3.63, 3.8) is 0 Å². The van der Waals surface area contributed by atoms with Crippen LogP contribution in [0.15, 0.2) is 24.3 Å². The third-order valence-corrected chi connectivity index (χ3v) is 7.32. The molecule has 0 amide bonds. The smallest absolute Gasteiger partial charge is 0.330 e. The van der Waals surface area contributed by atoms with Crippen LogP contribution < -0.4 is 9.47 Å². The van der Waals surface area contributed by atoms with Gasteiger partial charge in [0.05, 0.1) is 19.8 Å². The molecule has 0 aliphatic carbocycles. The van der Waals surface area contributed by atoms with E-state index >= 15 is 0 Å². The molecule has 0 radical (unpaired) electrons. The largest absolute Gasteiger partial charge is 0.493 e. The summed E-state index contributed by atoms with van der Waals surface area (Å²) in [5.41, 5.74) is 0.705. The molecule has 9 heteroatoms. The minimum absolute atomic E-state index is 0.293. The van der Waals surface area contributed by atoms with E-state index in [1.165, 1.54) is 32.4 Å². The Morgan fingerprint density at radius 2 is 1.89 bits per heavy atom. The van der Waals surface area contributed by atoms with Crippen LogP contribution in [0, 0.1) is 5.92 Å². The van der Waals surface area contributed by atoms with E-state index in [9.17, 15) is 20.1 Å². The van der Waals surface area contributed by atoms with E-state index in [0.29, 0.717) is 35.6 Å². The number of hydrogen-bond donors (Lipinski definition) is 3. The number of aliphatic hydroxyl groups is 3. The van der Waals surface area contributed by atoms with Gasteiger partial charge in [0.15, 0.2) is 11.5 Å². The molecule has 9 nitrogen and oxygen atoms in total. The van der Waals surface area contributed by atoms with Gasteiger partial charge < -0.3 is 34.3 Å². The Kier molecular flexibility index (Phi) is 8.67. The van der Waals surface area contributed by atoms with Gasteiger partial charge in [-0.25, -0.2) is 4.79 Å². The minimum atomic E-state index is -1.43. The van der Waals surface area contributed by atoms with Gasteiger partial charge in [-0.1, -0.05) is 12.5 Å². The Labute approximate surface area is 206 Å². The average Bonchev–Trinajstić information content (AvgIpc) is 2.88. The van der Waals surface area contributed by atoms with Gasteiger partial charge in [-0.2, -0.15) is 0 Å². The molecule has 7 atom stereocenters. The quantitative estimate of drug-likeness (QED) is 0.387. The van der Waals surface area contributed by atoms with E-state index in [1.807, 2.05) is 0 Å². The molecule has 1 aromatic carbocycles. The minimum Gasteiger partial charge on any atom is -0.493 e. The molecular formula is C26H37NO8. The molecule has 3 heterocycles. The second kappa shape index (κ2) is 11.7. The Morgan fingerprint density at radius 3 is 2.69 bits per heavy atom. The lowest BCUT2D eigenvalue weighted by Gasteiger charge is -2.44. The fourth-order valence-corrected chi connectivity index (χ4v) is 5.29. The Hall–Kier alpha value is -2.17. The number of nitrogens with zero attached hydrogens (tertiary/aromatic N) is 1. The molecule has 35 heavy (non-hydrogen) atoms. The van der Waals surface area contributed by atoms with Crippen LogP contribution in [-0.2, 0) is 14.3 Å². The van der Waals surface area contributed by atoms with Gasteiger partial charge in [0.1, 0.15) is 18.3 Å². The molecule has 3 saturated heterocycles. The number of piperidine rings is 2. The van der Waals surface area contributed by atoms with Crippen LogP contribution in [0.3, 0.4) is 0 Å². The van der Waals surface area contributed by atoms with Crippen molar-refractivity contribution in [2.45, 2.75) is 75.8 Å². The Bertz CT molecular complexity index is 890. The normalized spacial score (nSPS) is 33.8. The maximum Gasteiger partial charge on any atom is 0.330 e. The number of methoxy groups -OCH3 is 1. The molecule has 0 aromatic heterocycles. The van der Waals surface area contributed by atoms with Gasteiger partial charge in [0.25, 0.3) is 0 Å². The first kappa shape index (κ1) is 25.9. The SMILES string of the molecule is COc1cc(C=CC(=O)OC[C@@H]2CCCN3CCCC[C@H]23)ccc1O[C@@H]1O[C@@H](C)[C@H](O)[C@@H](O)[C@H]1O. The van der Waals surface area contributed by atoms with E-state index in [2.05, 4.69) is 4.90 Å². The van der Waals surface area contributed by atoms with Gasteiger partial charge >= 0.3 is 5.97 Å². The Balaban J connectivity index is 1.33. The molecule has 0 unspecified atom stereocenters. The standard InChI is InChI=1S/C26H37NO8/c1-16-23(29)24(30)25(31)26(34-16)35-20-10-8-17(14-21(20)32-2)9-11-22(28)33-15-18-6-5-13-27-12-4-3-7-19(18)27/h8-11,14,16,18-19,23-26,29-31H,3-7,12-13,15H2,1-2H3/t16-,18-,19+,23-,24+,25+,26-/m0/s1. The highest BCUT2D eigenvalue weighted by atomic mass is 16.7. The highest BCUT2D eigenvalue weighted by Gasteiger charge is 2.43. The molecule has 1 aromatic rings. The van der Waals surface area contributed by atoms with E-state index in [0.717, 1.165) is 25.9 Å². The molecule has 3 N–H and O–H groups in total. The first-order valence-corrected chi connectivity index (χ1v) is 12.5. The van der Waals surface area contributed by atoms with Crippen molar-refractivity contribution in [2.24, 2.45) is 5.92 Å². The summed E-state index contributed by atoms with van der Waals surface area (Å²) < 4.78 is 22.2. The number of aliphatic hydroxyl groups excluding tert-OH is 3. The monoisotopic (exact) mass is 491 g/mol. The molecule has 3 aliphatic heterocycles. The van der Waals surface area contributed by atoms with Crippen molar-refractivity contribution in [1.82, 2.24) is 4.90 Å². The maximum atomic E-state index is 12.4.